The summed E-state index contributed by atoms with van der Waals surface area (Å²) in [6.07, 6.45) is -1.68. The van der Waals surface area contributed by atoms with Gasteiger partial charge in [-0.15, -0.1) is 18.3 Å². The molecule has 1 aromatic heterocycles. The van der Waals surface area contributed by atoms with Gasteiger partial charge in [-0.2, -0.15) is 4.99 Å². The van der Waals surface area contributed by atoms with E-state index in [9.17, 15) is 22.8 Å². The fourth-order valence-corrected chi connectivity index (χ4v) is 5.85. The fourth-order valence-electron chi connectivity index (χ4n) is 5.00. The molecule has 1 saturated heterocycles. The van der Waals surface area contributed by atoms with Gasteiger partial charge in [-0.1, -0.05) is 61.2 Å². The average Bonchev–Trinajstić information content (AvgIpc) is 3.62. The maximum Gasteiger partial charge on any atom is 0.573 e. The van der Waals surface area contributed by atoms with E-state index in [1.165, 1.54) is 51.9 Å². The molecule has 5 rings (SSSR count). The van der Waals surface area contributed by atoms with Crippen molar-refractivity contribution in [2.24, 2.45) is 4.99 Å². The van der Waals surface area contributed by atoms with E-state index in [-0.39, 0.29) is 23.3 Å². The summed E-state index contributed by atoms with van der Waals surface area (Å²) in [6.45, 7) is 6.42. The molecular weight excluding hydrogens is 605 g/mol. The molecule has 1 aliphatic rings. The van der Waals surface area contributed by atoms with Gasteiger partial charge >= 0.3 is 12.4 Å². The first kappa shape index (κ1) is 31.8. The largest absolute Gasteiger partial charge is 0.573 e. The lowest BCUT2D eigenvalue weighted by Gasteiger charge is -2.20. The summed E-state index contributed by atoms with van der Waals surface area (Å²) < 4.78 is 42.6. The van der Waals surface area contributed by atoms with E-state index in [1.807, 2.05) is 56.3 Å². The van der Waals surface area contributed by atoms with Gasteiger partial charge in [0, 0.05) is 12.1 Å². The SMILES string of the molecule is Cc1cccc(C)c1N1C(=O)CS/C1=N\C(=O)NCCCC(C)c1ccc(-c2ncn(-c3ccc(OC(F)(F)F)cc3)n2)cc1. The first-order valence-electron chi connectivity index (χ1n) is 14.2. The molecule has 13 heteroatoms. The van der Waals surface area contributed by atoms with Gasteiger partial charge in [-0.3, -0.25) is 9.69 Å². The number of carbonyl (C=O) groups excluding carboxylic acids is 2. The summed E-state index contributed by atoms with van der Waals surface area (Å²) in [7, 11) is 0. The molecule has 0 spiro atoms. The second-order valence-corrected chi connectivity index (χ2v) is 11.5. The van der Waals surface area contributed by atoms with Gasteiger partial charge in [0.25, 0.3) is 0 Å². The van der Waals surface area contributed by atoms with Crippen molar-refractivity contribution in [2.45, 2.75) is 45.9 Å². The van der Waals surface area contributed by atoms with Crippen LogP contribution in [-0.2, 0) is 4.79 Å². The third-order valence-corrected chi connectivity index (χ3v) is 8.20. The number of aliphatic imine (C=N–C) groups is 1. The zero-order chi connectivity index (χ0) is 32.1. The van der Waals surface area contributed by atoms with Crippen LogP contribution < -0.4 is 15.0 Å². The molecule has 0 radical (unpaired) electrons. The Hall–Kier alpha value is -4.65. The maximum atomic E-state index is 12.6. The molecule has 4 aromatic rings. The highest BCUT2D eigenvalue weighted by molar-refractivity contribution is 8.15. The highest BCUT2D eigenvalue weighted by atomic mass is 32.2. The number of hydrogen-bond donors (Lipinski definition) is 1. The van der Waals surface area contributed by atoms with Gasteiger partial charge in [0.1, 0.15) is 12.1 Å². The number of thioether (sulfide) groups is 1. The van der Waals surface area contributed by atoms with Crippen molar-refractivity contribution in [3.8, 4) is 22.8 Å². The number of urea groups is 1. The number of hydrogen-bond acceptors (Lipinski definition) is 6. The van der Waals surface area contributed by atoms with Crippen molar-refractivity contribution in [2.75, 3.05) is 17.2 Å². The lowest BCUT2D eigenvalue weighted by molar-refractivity contribution is -0.274. The smallest absolute Gasteiger partial charge is 0.406 e. The van der Waals surface area contributed by atoms with E-state index in [0.29, 0.717) is 23.2 Å². The third-order valence-electron chi connectivity index (χ3n) is 7.28. The number of anilines is 1. The van der Waals surface area contributed by atoms with Crippen LogP contribution in [-0.4, -0.2) is 50.5 Å². The minimum Gasteiger partial charge on any atom is -0.406 e. The maximum absolute atomic E-state index is 12.6. The second kappa shape index (κ2) is 13.6. The van der Waals surface area contributed by atoms with Crippen LogP contribution >= 0.6 is 11.8 Å². The van der Waals surface area contributed by atoms with Gasteiger partial charge in [0.2, 0.25) is 5.91 Å². The van der Waals surface area contributed by atoms with Crippen molar-refractivity contribution >= 4 is 34.6 Å². The summed E-state index contributed by atoms with van der Waals surface area (Å²) in [5.74, 6) is 0.543. The predicted molar refractivity (Wildman–Crippen MR) is 168 cm³/mol. The Morgan fingerprint density at radius 1 is 1.07 bits per heavy atom. The second-order valence-electron chi connectivity index (χ2n) is 10.6. The van der Waals surface area contributed by atoms with Crippen LogP contribution in [0.2, 0.25) is 0 Å². The van der Waals surface area contributed by atoms with Gasteiger partial charge in [0.05, 0.1) is 17.1 Å². The Morgan fingerprint density at radius 2 is 1.76 bits per heavy atom. The number of halogens is 3. The normalized spacial score (nSPS) is 15.0. The Balaban J connectivity index is 1.11. The van der Waals surface area contributed by atoms with E-state index in [2.05, 4.69) is 32.1 Å². The Labute approximate surface area is 262 Å². The average molecular weight is 637 g/mol. The van der Waals surface area contributed by atoms with Crippen LogP contribution in [0.3, 0.4) is 0 Å². The number of alkyl halides is 3. The third kappa shape index (κ3) is 7.90. The number of ether oxygens (including phenoxy) is 1. The molecule has 3 amide bonds. The Kier molecular flexibility index (Phi) is 9.57. The van der Waals surface area contributed by atoms with Crippen LogP contribution in [0.4, 0.5) is 23.7 Å². The zero-order valence-corrected chi connectivity index (χ0v) is 25.7. The van der Waals surface area contributed by atoms with Crippen LogP contribution in [0.5, 0.6) is 5.75 Å². The summed E-state index contributed by atoms with van der Waals surface area (Å²) in [6, 6.07) is 18.6. The molecule has 45 heavy (non-hydrogen) atoms. The predicted octanol–water partition coefficient (Wildman–Crippen LogP) is 7.18. The molecule has 1 unspecified atom stereocenters. The number of aromatic nitrogens is 3. The fraction of sp³-hybridized carbons (Fsp3) is 0.281. The van der Waals surface area contributed by atoms with E-state index >= 15 is 0 Å². The van der Waals surface area contributed by atoms with Crippen LogP contribution in [0, 0.1) is 13.8 Å². The molecule has 1 N–H and O–H groups in total. The molecule has 9 nitrogen and oxygen atoms in total. The standard InChI is InChI=1S/C32H31F3N6O3S/c1-20(8-5-17-36-30(43)38-31-41(27(42)18-45-31)28-21(2)6-4-7-22(28)3)23-9-11-24(12-10-23)29-37-19-40(39-29)25-13-15-26(16-14-25)44-32(33,34)35/h4,6-7,9-16,19-20H,5,8,17-18H2,1-3H3,(H,36,43)/b38-31-. The van der Waals surface area contributed by atoms with Crippen molar-refractivity contribution in [1.29, 1.82) is 0 Å². The van der Waals surface area contributed by atoms with Gasteiger partial charge < -0.3 is 10.1 Å². The van der Waals surface area contributed by atoms with Gasteiger partial charge in [-0.05, 0) is 73.6 Å². The number of nitrogens with zero attached hydrogens (tertiary/aromatic N) is 5. The molecule has 0 aliphatic carbocycles. The van der Waals surface area contributed by atoms with Crippen LogP contribution in [0.15, 0.2) is 78.0 Å². The highest BCUT2D eigenvalue weighted by Gasteiger charge is 2.32. The quantitative estimate of drug-likeness (QED) is 0.195. The zero-order valence-electron chi connectivity index (χ0n) is 24.8. The molecule has 1 atom stereocenters. The number of benzene rings is 3. The number of amidine groups is 1. The molecule has 1 fully saturated rings. The molecule has 0 bridgehead atoms. The molecule has 0 saturated carbocycles. The number of aryl methyl sites for hydroxylation is 2. The number of carbonyl (C=O) groups is 2. The molecular formula is C32H31F3N6O3S. The number of amides is 3. The monoisotopic (exact) mass is 636 g/mol. The Bertz CT molecular complexity index is 1680. The first-order chi connectivity index (χ1) is 21.5. The number of para-hydroxylation sites is 1. The minimum atomic E-state index is -4.75. The summed E-state index contributed by atoms with van der Waals surface area (Å²) in [5, 5.41) is 7.67. The van der Waals surface area contributed by atoms with Crippen molar-refractivity contribution in [3.05, 3.63) is 89.7 Å². The lowest BCUT2D eigenvalue weighted by Crippen LogP contribution is -2.32. The summed E-state index contributed by atoms with van der Waals surface area (Å²) in [5.41, 5.74) is 5.12. The number of rotatable bonds is 9. The molecule has 2 heterocycles. The van der Waals surface area contributed by atoms with Gasteiger partial charge in [0.15, 0.2) is 11.0 Å². The summed E-state index contributed by atoms with van der Waals surface area (Å²) >= 11 is 1.26. The molecule has 3 aromatic carbocycles. The number of nitrogens with one attached hydrogen (secondary N) is 1. The van der Waals surface area contributed by atoms with Gasteiger partial charge in [-0.25, -0.2) is 14.5 Å². The van der Waals surface area contributed by atoms with Crippen molar-refractivity contribution in [1.82, 2.24) is 20.1 Å². The Morgan fingerprint density at radius 3 is 2.42 bits per heavy atom. The van der Waals surface area contributed by atoms with Crippen molar-refractivity contribution in [3.63, 3.8) is 0 Å². The highest BCUT2D eigenvalue weighted by Crippen LogP contribution is 2.32. The van der Waals surface area contributed by atoms with E-state index in [0.717, 1.165) is 40.8 Å². The topological polar surface area (TPSA) is 102 Å². The molecule has 1 aliphatic heterocycles. The van der Waals surface area contributed by atoms with E-state index < -0.39 is 12.4 Å². The van der Waals surface area contributed by atoms with Crippen LogP contribution in [0.1, 0.15) is 42.4 Å². The van der Waals surface area contributed by atoms with Crippen molar-refractivity contribution < 1.29 is 27.5 Å². The van der Waals surface area contributed by atoms with E-state index in [1.54, 1.807) is 0 Å². The first-order valence-corrected chi connectivity index (χ1v) is 15.2. The van der Waals surface area contributed by atoms with Crippen LogP contribution in [0.25, 0.3) is 17.1 Å². The lowest BCUT2D eigenvalue weighted by atomic mass is 9.95. The summed E-state index contributed by atoms with van der Waals surface area (Å²) in [4.78, 5) is 35.2. The van der Waals surface area contributed by atoms with E-state index in [4.69, 9.17) is 0 Å². The molecule has 234 valence electrons. The minimum absolute atomic E-state index is 0.0962.